The van der Waals surface area contributed by atoms with E-state index in [0.717, 1.165) is 4.88 Å². The summed E-state index contributed by atoms with van der Waals surface area (Å²) in [4.78, 5) is 28.3. The summed E-state index contributed by atoms with van der Waals surface area (Å²) in [5.74, 6) is -0.825. The normalized spacial score (nSPS) is 22.0. The summed E-state index contributed by atoms with van der Waals surface area (Å²) >= 11 is 1.62. The zero-order chi connectivity index (χ0) is 14.8. The van der Waals surface area contributed by atoms with Crippen LogP contribution in [0.1, 0.15) is 25.1 Å². The van der Waals surface area contributed by atoms with Crippen LogP contribution in [0.2, 0.25) is 0 Å². The molecule has 1 aromatic heterocycles. The van der Waals surface area contributed by atoms with E-state index in [2.05, 4.69) is 0 Å². The van der Waals surface area contributed by atoms with Gasteiger partial charge >= 0.3 is 12.0 Å². The van der Waals surface area contributed by atoms with Crippen molar-refractivity contribution in [2.45, 2.75) is 26.8 Å². The van der Waals surface area contributed by atoms with Gasteiger partial charge in [-0.05, 0) is 31.7 Å². The van der Waals surface area contributed by atoms with Crippen molar-refractivity contribution >= 4 is 23.3 Å². The average molecular weight is 296 g/mol. The van der Waals surface area contributed by atoms with Gasteiger partial charge in [0.2, 0.25) is 0 Å². The number of rotatable bonds is 4. The van der Waals surface area contributed by atoms with Gasteiger partial charge in [-0.25, -0.2) is 4.79 Å². The van der Waals surface area contributed by atoms with Crippen LogP contribution in [-0.2, 0) is 11.3 Å². The van der Waals surface area contributed by atoms with E-state index in [1.165, 1.54) is 0 Å². The summed E-state index contributed by atoms with van der Waals surface area (Å²) < 4.78 is 0. The number of aliphatic carboxylic acids is 1. The molecule has 0 aliphatic carbocycles. The van der Waals surface area contributed by atoms with Crippen LogP contribution in [0.15, 0.2) is 17.5 Å². The number of urea groups is 1. The Hall–Kier alpha value is -1.56. The van der Waals surface area contributed by atoms with Gasteiger partial charge in [-0.2, -0.15) is 0 Å². The molecule has 1 N–H and O–H groups in total. The van der Waals surface area contributed by atoms with E-state index in [4.69, 9.17) is 0 Å². The first-order valence-corrected chi connectivity index (χ1v) is 7.64. The van der Waals surface area contributed by atoms with Gasteiger partial charge in [-0.1, -0.05) is 6.07 Å². The van der Waals surface area contributed by atoms with Crippen molar-refractivity contribution in [3.05, 3.63) is 22.4 Å². The number of thiophene rings is 1. The molecule has 1 saturated heterocycles. The number of carbonyl (C=O) groups is 2. The van der Waals surface area contributed by atoms with Gasteiger partial charge in [0, 0.05) is 24.5 Å². The predicted molar refractivity (Wildman–Crippen MR) is 77.7 cm³/mol. The first-order valence-electron chi connectivity index (χ1n) is 6.76. The second-order valence-electron chi connectivity index (χ2n) is 5.41. The van der Waals surface area contributed by atoms with Crippen molar-refractivity contribution in [1.82, 2.24) is 9.80 Å². The Labute approximate surface area is 122 Å². The number of hydrogen-bond donors (Lipinski definition) is 1. The molecule has 1 aromatic rings. The molecule has 1 atom stereocenters. The minimum atomic E-state index is -0.825. The van der Waals surface area contributed by atoms with Gasteiger partial charge < -0.3 is 14.9 Å². The molecule has 1 aliphatic heterocycles. The van der Waals surface area contributed by atoms with Gasteiger partial charge in [-0.3, -0.25) is 4.79 Å². The highest BCUT2D eigenvalue weighted by atomic mass is 32.1. The number of nitrogens with zero attached hydrogens (tertiary/aromatic N) is 2. The Bertz CT molecular complexity index is 489. The monoisotopic (exact) mass is 296 g/mol. The first-order chi connectivity index (χ1) is 9.46. The highest BCUT2D eigenvalue weighted by molar-refractivity contribution is 7.09. The minimum absolute atomic E-state index is 0.0640. The minimum Gasteiger partial charge on any atom is -0.481 e. The third kappa shape index (κ3) is 2.95. The third-order valence-corrected chi connectivity index (χ3v) is 4.70. The number of carbonyl (C=O) groups excluding carboxylic acids is 1. The van der Waals surface area contributed by atoms with E-state index in [1.807, 2.05) is 24.4 Å². The topological polar surface area (TPSA) is 60.9 Å². The van der Waals surface area contributed by atoms with E-state index < -0.39 is 11.4 Å². The molecule has 2 rings (SSSR count). The van der Waals surface area contributed by atoms with E-state index in [1.54, 1.807) is 28.1 Å². The summed E-state index contributed by atoms with van der Waals surface area (Å²) in [7, 11) is 0. The zero-order valence-corrected chi connectivity index (χ0v) is 12.7. The molecular weight excluding hydrogens is 276 g/mol. The average Bonchev–Trinajstić information content (AvgIpc) is 3.05. The summed E-state index contributed by atoms with van der Waals surface area (Å²) in [6.45, 7) is 5.67. The van der Waals surface area contributed by atoms with Gasteiger partial charge in [-0.15, -0.1) is 11.3 Å². The molecule has 0 spiro atoms. The van der Waals surface area contributed by atoms with E-state index in [0.29, 0.717) is 32.6 Å². The molecule has 2 amide bonds. The molecular formula is C14H20N2O3S. The fourth-order valence-corrected chi connectivity index (χ4v) is 3.12. The lowest BCUT2D eigenvalue weighted by Gasteiger charge is -2.27. The standard InChI is InChI=1S/C14H20N2O3S/c1-3-15(9-11-5-4-8-20-11)13(19)16-7-6-14(2,10-16)12(17)18/h4-5,8H,3,6-7,9-10H2,1-2H3,(H,17,18). The fraction of sp³-hybridized carbons (Fsp3) is 0.571. The van der Waals surface area contributed by atoms with E-state index in [-0.39, 0.29) is 6.03 Å². The van der Waals surface area contributed by atoms with E-state index in [9.17, 15) is 14.7 Å². The largest absolute Gasteiger partial charge is 0.481 e. The molecule has 1 aliphatic rings. The second kappa shape index (κ2) is 5.83. The van der Waals surface area contributed by atoms with Crippen LogP contribution in [0.4, 0.5) is 4.79 Å². The molecule has 0 bridgehead atoms. The van der Waals surface area contributed by atoms with Gasteiger partial charge in [0.25, 0.3) is 0 Å². The molecule has 5 nitrogen and oxygen atoms in total. The molecule has 1 fully saturated rings. The van der Waals surface area contributed by atoms with Crippen LogP contribution < -0.4 is 0 Å². The van der Waals surface area contributed by atoms with Gasteiger partial charge in [0.05, 0.1) is 12.0 Å². The maximum Gasteiger partial charge on any atom is 0.320 e. The maximum atomic E-state index is 12.5. The van der Waals surface area contributed by atoms with Gasteiger partial charge in [0.1, 0.15) is 0 Å². The van der Waals surface area contributed by atoms with Gasteiger partial charge in [0.15, 0.2) is 0 Å². The Morgan fingerprint density at radius 3 is 2.80 bits per heavy atom. The molecule has 0 radical (unpaired) electrons. The third-order valence-electron chi connectivity index (χ3n) is 3.84. The molecule has 2 heterocycles. The van der Waals surface area contributed by atoms with Crippen LogP contribution >= 0.6 is 11.3 Å². The smallest absolute Gasteiger partial charge is 0.320 e. The predicted octanol–water partition coefficient (Wildman–Crippen LogP) is 2.49. The molecule has 1 unspecified atom stereocenters. The summed E-state index contributed by atoms with van der Waals surface area (Å²) in [5, 5.41) is 11.2. The Morgan fingerprint density at radius 2 is 2.30 bits per heavy atom. The van der Waals surface area contributed by atoms with E-state index >= 15 is 0 Å². The second-order valence-corrected chi connectivity index (χ2v) is 6.45. The summed E-state index contributed by atoms with van der Waals surface area (Å²) in [5.41, 5.74) is -0.808. The first kappa shape index (κ1) is 14.8. The number of carboxylic acid groups (broad SMARTS) is 1. The molecule has 6 heteroatoms. The lowest BCUT2D eigenvalue weighted by Crippen LogP contribution is -2.43. The maximum absolute atomic E-state index is 12.5. The fourth-order valence-electron chi connectivity index (χ4n) is 2.40. The van der Waals surface area contributed by atoms with Crippen LogP contribution in [0, 0.1) is 5.41 Å². The number of likely N-dealkylation sites (tertiary alicyclic amines) is 1. The van der Waals surface area contributed by atoms with Crippen LogP contribution in [-0.4, -0.2) is 46.5 Å². The lowest BCUT2D eigenvalue weighted by atomic mass is 9.90. The Balaban J connectivity index is 2.01. The molecule has 0 aromatic carbocycles. The number of carboxylic acids is 1. The summed E-state index contributed by atoms with van der Waals surface area (Å²) in [6.07, 6.45) is 0.518. The van der Waals surface area contributed by atoms with Crippen molar-refractivity contribution in [2.75, 3.05) is 19.6 Å². The highest BCUT2D eigenvalue weighted by Crippen LogP contribution is 2.31. The number of hydrogen-bond acceptors (Lipinski definition) is 3. The number of amides is 2. The van der Waals surface area contributed by atoms with Crippen LogP contribution in [0.3, 0.4) is 0 Å². The molecule has 110 valence electrons. The Kier molecular flexibility index (Phi) is 4.32. The van der Waals surface area contributed by atoms with Crippen molar-refractivity contribution < 1.29 is 14.7 Å². The van der Waals surface area contributed by atoms with Crippen LogP contribution in [0.5, 0.6) is 0 Å². The van der Waals surface area contributed by atoms with Crippen molar-refractivity contribution in [3.8, 4) is 0 Å². The Morgan fingerprint density at radius 1 is 1.55 bits per heavy atom. The lowest BCUT2D eigenvalue weighted by molar-refractivity contribution is -0.147. The van der Waals surface area contributed by atoms with Crippen molar-refractivity contribution in [3.63, 3.8) is 0 Å². The van der Waals surface area contributed by atoms with Crippen molar-refractivity contribution in [1.29, 1.82) is 0 Å². The molecule has 0 saturated carbocycles. The summed E-state index contributed by atoms with van der Waals surface area (Å²) in [6, 6.07) is 3.91. The molecule has 20 heavy (non-hydrogen) atoms. The van der Waals surface area contributed by atoms with Crippen molar-refractivity contribution in [2.24, 2.45) is 5.41 Å². The highest BCUT2D eigenvalue weighted by Gasteiger charge is 2.42. The van der Waals surface area contributed by atoms with Crippen LogP contribution in [0.25, 0.3) is 0 Å². The quantitative estimate of drug-likeness (QED) is 0.928. The zero-order valence-electron chi connectivity index (χ0n) is 11.8. The SMILES string of the molecule is CCN(Cc1cccs1)C(=O)N1CCC(C)(C(=O)O)C1.